The van der Waals surface area contributed by atoms with Crippen LogP contribution in [-0.4, -0.2) is 14.5 Å². The van der Waals surface area contributed by atoms with E-state index in [4.69, 9.17) is 9.97 Å². The Balaban J connectivity index is 1.23. The summed E-state index contributed by atoms with van der Waals surface area (Å²) in [6, 6.07) is 57.2. The molecule has 11 rings (SSSR count). The summed E-state index contributed by atoms with van der Waals surface area (Å²) < 4.78 is 2.39. The lowest BCUT2D eigenvalue weighted by Crippen LogP contribution is -2.18. The summed E-state index contributed by atoms with van der Waals surface area (Å²) in [5.41, 5.74) is 16.5. The molecule has 0 spiro atoms. The number of rotatable bonds is 6. The minimum absolute atomic E-state index is 0.747. The van der Waals surface area contributed by atoms with Crippen molar-refractivity contribution in [1.82, 2.24) is 14.5 Å². The van der Waals surface area contributed by atoms with E-state index in [0.29, 0.717) is 0 Å². The van der Waals surface area contributed by atoms with Gasteiger partial charge in [-0.25, -0.2) is 9.97 Å². The topological polar surface area (TPSA) is 34.0 Å². The van der Waals surface area contributed by atoms with Gasteiger partial charge in [0, 0.05) is 39.8 Å². The molecular formula is C56H42N4. The Hall–Kier alpha value is -7.56. The molecule has 1 aliphatic heterocycles. The van der Waals surface area contributed by atoms with E-state index in [9.17, 15) is 0 Å². The number of nitrogens with zero attached hydrogens (tertiary/aromatic N) is 4. The first kappa shape index (κ1) is 35.6. The first-order valence-corrected chi connectivity index (χ1v) is 20.7. The Labute approximate surface area is 350 Å². The lowest BCUT2D eigenvalue weighted by Gasteiger charge is -2.33. The summed E-state index contributed by atoms with van der Waals surface area (Å²) in [5.74, 6) is 0.788. The van der Waals surface area contributed by atoms with Gasteiger partial charge >= 0.3 is 0 Å². The van der Waals surface area contributed by atoms with Gasteiger partial charge in [0.05, 0.1) is 22.4 Å². The maximum absolute atomic E-state index is 5.58. The summed E-state index contributed by atoms with van der Waals surface area (Å²) in [4.78, 5) is 13.4. The van der Waals surface area contributed by atoms with Gasteiger partial charge in [-0.3, -0.25) is 4.57 Å². The molecule has 8 aromatic carbocycles. The van der Waals surface area contributed by atoms with Crippen LogP contribution in [0.1, 0.15) is 40.6 Å². The molecule has 10 aromatic rings. The molecule has 0 saturated carbocycles. The molecule has 1 aliphatic rings. The molecule has 4 heteroatoms. The van der Waals surface area contributed by atoms with Crippen LogP contribution in [0, 0.1) is 13.8 Å². The Morgan fingerprint density at radius 3 is 2.10 bits per heavy atom. The molecule has 0 fully saturated rings. The Kier molecular flexibility index (Phi) is 8.35. The summed E-state index contributed by atoms with van der Waals surface area (Å²) in [6.45, 7) is 10.8. The van der Waals surface area contributed by atoms with Gasteiger partial charge in [-0.05, 0) is 130 Å². The number of aryl methyl sites for hydroxylation is 2. The molecule has 0 atom stereocenters. The van der Waals surface area contributed by atoms with Crippen molar-refractivity contribution in [3.05, 3.63) is 204 Å². The second kappa shape index (κ2) is 14.1. The molecule has 3 heterocycles. The molecule has 0 N–H and O–H groups in total. The summed E-state index contributed by atoms with van der Waals surface area (Å²) in [6.07, 6.45) is 6.71. The number of para-hydroxylation sites is 3. The molecule has 0 amide bonds. The highest BCUT2D eigenvalue weighted by atomic mass is 15.2. The average molecular weight is 771 g/mol. The number of hydrogen-bond donors (Lipinski definition) is 0. The van der Waals surface area contributed by atoms with Gasteiger partial charge in [0.1, 0.15) is 5.69 Å². The van der Waals surface area contributed by atoms with E-state index in [-0.39, 0.29) is 0 Å². The average Bonchev–Trinajstić information content (AvgIpc) is 3.64. The van der Waals surface area contributed by atoms with E-state index in [1.165, 1.54) is 77.1 Å². The van der Waals surface area contributed by atoms with Crippen LogP contribution in [0.3, 0.4) is 0 Å². The normalized spacial score (nSPS) is 12.5. The highest BCUT2D eigenvalue weighted by Gasteiger charge is 2.28. The lowest BCUT2D eigenvalue weighted by molar-refractivity contribution is 1.03. The minimum Gasteiger partial charge on any atom is -0.310 e. The fraction of sp³-hybridized carbons (Fsp3) is 0.0714. The number of benzene rings is 8. The lowest BCUT2D eigenvalue weighted by atomic mass is 9.87. The van der Waals surface area contributed by atoms with Gasteiger partial charge in [-0.1, -0.05) is 128 Å². The van der Waals surface area contributed by atoms with Crippen LogP contribution in [0.4, 0.5) is 17.1 Å². The van der Waals surface area contributed by atoms with Crippen LogP contribution in [0.2, 0.25) is 0 Å². The molecule has 286 valence electrons. The van der Waals surface area contributed by atoms with E-state index in [0.717, 1.165) is 51.6 Å². The van der Waals surface area contributed by atoms with Crippen molar-refractivity contribution in [2.75, 3.05) is 4.90 Å². The fourth-order valence-corrected chi connectivity index (χ4v) is 9.69. The summed E-state index contributed by atoms with van der Waals surface area (Å²) in [5, 5.41) is 7.33. The van der Waals surface area contributed by atoms with Gasteiger partial charge < -0.3 is 4.90 Å². The van der Waals surface area contributed by atoms with Crippen molar-refractivity contribution in [2.24, 2.45) is 0 Å². The largest absolute Gasteiger partial charge is 0.310 e. The molecule has 0 bridgehead atoms. The standard InChI is InChI=1S/C56H42N4/c1-5-18-48-47(6-2)57-54(40-29-30-50-41(33-40)32-39-21-12-16-27-49(39)59(50)42-22-8-7-9-23-42)56(58-48)60-51-28-17-15-26-45(51)53-44-25-14-13-24-43(44)52(36(4)55(53)60)46-34-38-20-11-10-19-37(38)31-35(46)3/h5-31,33-34H,2,32H2,1,3-4H3/b18-5-. The van der Waals surface area contributed by atoms with Crippen molar-refractivity contribution in [3.63, 3.8) is 0 Å². The van der Waals surface area contributed by atoms with Gasteiger partial charge in [0.15, 0.2) is 5.82 Å². The predicted octanol–water partition coefficient (Wildman–Crippen LogP) is 14.9. The molecular weight excluding hydrogens is 729 g/mol. The smallest absolute Gasteiger partial charge is 0.165 e. The third kappa shape index (κ3) is 5.45. The Bertz CT molecular complexity index is 3410. The quantitative estimate of drug-likeness (QED) is 0.169. The molecule has 4 nitrogen and oxygen atoms in total. The zero-order valence-corrected chi connectivity index (χ0v) is 33.9. The summed E-state index contributed by atoms with van der Waals surface area (Å²) in [7, 11) is 0. The zero-order valence-electron chi connectivity index (χ0n) is 33.9. The number of aromatic nitrogens is 3. The van der Waals surface area contributed by atoms with Crippen LogP contribution in [0.15, 0.2) is 170 Å². The van der Waals surface area contributed by atoms with Crippen molar-refractivity contribution < 1.29 is 0 Å². The third-order valence-electron chi connectivity index (χ3n) is 12.3. The van der Waals surface area contributed by atoms with Gasteiger partial charge in [-0.15, -0.1) is 0 Å². The second-order valence-electron chi connectivity index (χ2n) is 15.8. The number of hydrogen-bond acceptors (Lipinski definition) is 3. The van der Waals surface area contributed by atoms with Crippen molar-refractivity contribution in [1.29, 1.82) is 0 Å². The number of anilines is 3. The van der Waals surface area contributed by atoms with Crippen molar-refractivity contribution >= 4 is 72.6 Å². The first-order valence-electron chi connectivity index (χ1n) is 20.7. The van der Waals surface area contributed by atoms with E-state index >= 15 is 0 Å². The maximum Gasteiger partial charge on any atom is 0.165 e. The Morgan fingerprint density at radius 2 is 1.30 bits per heavy atom. The SMILES string of the molecule is C=Cc1nc(-c2ccc3c(c2)Cc2ccccc2N3c2ccccc2)c(-n2c3ccccc3c3c4ccccc4c(-c4cc5ccccc5cc4C)c(C)c32)nc1/C=C\C. The van der Waals surface area contributed by atoms with Gasteiger partial charge in [0.2, 0.25) is 0 Å². The van der Waals surface area contributed by atoms with Crippen LogP contribution in [0.5, 0.6) is 0 Å². The highest BCUT2D eigenvalue weighted by molar-refractivity contribution is 6.26. The molecule has 0 radical (unpaired) electrons. The van der Waals surface area contributed by atoms with Gasteiger partial charge in [0.25, 0.3) is 0 Å². The number of fused-ring (bicyclic) bond motifs is 8. The highest BCUT2D eigenvalue weighted by Crippen LogP contribution is 2.48. The monoisotopic (exact) mass is 770 g/mol. The van der Waals surface area contributed by atoms with E-state index in [1.807, 2.05) is 25.2 Å². The van der Waals surface area contributed by atoms with E-state index in [2.05, 4.69) is 188 Å². The van der Waals surface area contributed by atoms with Crippen LogP contribution < -0.4 is 4.90 Å². The van der Waals surface area contributed by atoms with E-state index < -0.39 is 0 Å². The third-order valence-corrected chi connectivity index (χ3v) is 12.3. The summed E-state index contributed by atoms with van der Waals surface area (Å²) >= 11 is 0. The predicted molar refractivity (Wildman–Crippen MR) is 254 cm³/mol. The first-order chi connectivity index (χ1) is 29.5. The molecule has 60 heavy (non-hydrogen) atoms. The van der Waals surface area contributed by atoms with Crippen molar-refractivity contribution in [3.8, 4) is 28.2 Å². The van der Waals surface area contributed by atoms with Crippen LogP contribution in [0.25, 0.3) is 83.7 Å². The van der Waals surface area contributed by atoms with Crippen LogP contribution >= 0.6 is 0 Å². The minimum atomic E-state index is 0.747. The number of allylic oxidation sites excluding steroid dienone is 1. The Morgan fingerprint density at radius 1 is 0.617 bits per heavy atom. The molecule has 0 unspecified atom stereocenters. The maximum atomic E-state index is 5.58. The van der Waals surface area contributed by atoms with Crippen LogP contribution in [-0.2, 0) is 6.42 Å². The van der Waals surface area contributed by atoms with E-state index in [1.54, 1.807) is 0 Å². The van der Waals surface area contributed by atoms with Gasteiger partial charge in [-0.2, -0.15) is 0 Å². The second-order valence-corrected chi connectivity index (χ2v) is 15.8. The van der Waals surface area contributed by atoms with Crippen molar-refractivity contribution in [2.45, 2.75) is 27.2 Å². The molecule has 0 aliphatic carbocycles. The fourth-order valence-electron chi connectivity index (χ4n) is 9.69. The molecule has 0 saturated heterocycles. The molecule has 2 aromatic heterocycles. The zero-order chi connectivity index (χ0) is 40.5.